The fraction of sp³-hybridized carbons (Fsp3) is 0.571. The van der Waals surface area contributed by atoms with Crippen molar-refractivity contribution in [3.63, 3.8) is 0 Å². The minimum atomic E-state index is -0.330. The van der Waals surface area contributed by atoms with Gasteiger partial charge in [0.05, 0.1) is 6.10 Å². The molecular weight excluding hydrogens is 217 g/mol. The predicted octanol–water partition coefficient (Wildman–Crippen LogP) is 3.28. The van der Waals surface area contributed by atoms with Crippen LogP contribution in [0.15, 0.2) is 24.3 Å². The summed E-state index contributed by atoms with van der Waals surface area (Å²) in [5.74, 6) is 0.426. The molecule has 0 aliphatic carbocycles. The topological polar surface area (TPSA) is 35.2 Å². The van der Waals surface area contributed by atoms with E-state index in [1.165, 1.54) is 6.07 Å². The average molecular weight is 239 g/mol. The number of halogens is 1. The summed E-state index contributed by atoms with van der Waals surface area (Å²) in [4.78, 5) is 0. The van der Waals surface area contributed by atoms with Crippen LogP contribution in [-0.2, 0) is 4.74 Å². The van der Waals surface area contributed by atoms with Crippen LogP contribution in [0, 0.1) is 11.7 Å². The fourth-order valence-electron chi connectivity index (χ4n) is 1.74. The molecule has 0 bridgehead atoms. The van der Waals surface area contributed by atoms with E-state index in [-0.39, 0.29) is 11.9 Å². The van der Waals surface area contributed by atoms with Crippen LogP contribution in [0.1, 0.15) is 38.4 Å². The summed E-state index contributed by atoms with van der Waals surface area (Å²) >= 11 is 0. The lowest BCUT2D eigenvalue weighted by Crippen LogP contribution is -2.17. The van der Waals surface area contributed by atoms with Gasteiger partial charge in [0.15, 0.2) is 0 Å². The van der Waals surface area contributed by atoms with Gasteiger partial charge in [0.25, 0.3) is 0 Å². The summed E-state index contributed by atoms with van der Waals surface area (Å²) < 4.78 is 19.2. The lowest BCUT2D eigenvalue weighted by Gasteiger charge is -2.17. The van der Waals surface area contributed by atoms with E-state index >= 15 is 0 Å². The van der Waals surface area contributed by atoms with Crippen LogP contribution in [0.2, 0.25) is 0 Å². The third-order valence-electron chi connectivity index (χ3n) is 2.71. The van der Waals surface area contributed by atoms with Crippen molar-refractivity contribution < 1.29 is 9.13 Å². The summed E-state index contributed by atoms with van der Waals surface area (Å²) in [6, 6.07) is 6.65. The molecule has 0 aromatic heterocycles. The van der Waals surface area contributed by atoms with Crippen molar-refractivity contribution in [3.05, 3.63) is 35.6 Å². The second-order valence-corrected chi connectivity index (χ2v) is 4.65. The second kappa shape index (κ2) is 7.41. The van der Waals surface area contributed by atoms with Crippen LogP contribution in [-0.4, -0.2) is 13.2 Å². The van der Waals surface area contributed by atoms with Crippen molar-refractivity contribution in [1.82, 2.24) is 0 Å². The maximum atomic E-state index is 13.5. The Morgan fingerprint density at radius 1 is 1.29 bits per heavy atom. The third-order valence-corrected chi connectivity index (χ3v) is 2.71. The lowest BCUT2D eigenvalue weighted by molar-refractivity contribution is 0.0522. The zero-order valence-corrected chi connectivity index (χ0v) is 10.7. The van der Waals surface area contributed by atoms with Crippen molar-refractivity contribution in [2.75, 3.05) is 13.2 Å². The molecule has 2 nitrogen and oxygen atoms in total. The van der Waals surface area contributed by atoms with Gasteiger partial charge in [-0.2, -0.15) is 0 Å². The van der Waals surface area contributed by atoms with Gasteiger partial charge in [0.1, 0.15) is 5.82 Å². The number of hydrogen-bond donors (Lipinski definition) is 1. The Morgan fingerprint density at radius 2 is 2.00 bits per heavy atom. The van der Waals surface area contributed by atoms with Crippen LogP contribution >= 0.6 is 0 Å². The Hall–Kier alpha value is -0.930. The van der Waals surface area contributed by atoms with Gasteiger partial charge in [-0.3, -0.25) is 0 Å². The first kappa shape index (κ1) is 14.1. The predicted molar refractivity (Wildman–Crippen MR) is 68.2 cm³/mol. The zero-order valence-electron chi connectivity index (χ0n) is 10.7. The Morgan fingerprint density at radius 3 is 2.59 bits per heavy atom. The highest BCUT2D eigenvalue weighted by Crippen LogP contribution is 2.20. The van der Waals surface area contributed by atoms with Crippen molar-refractivity contribution >= 4 is 0 Å². The number of hydrogen-bond acceptors (Lipinski definition) is 2. The van der Waals surface area contributed by atoms with Crippen LogP contribution < -0.4 is 5.73 Å². The minimum Gasteiger partial charge on any atom is -0.372 e. The summed E-state index contributed by atoms with van der Waals surface area (Å²) in [6.07, 6.45) is 1.78. The van der Waals surface area contributed by atoms with E-state index in [0.29, 0.717) is 24.6 Å². The van der Waals surface area contributed by atoms with E-state index in [4.69, 9.17) is 10.5 Å². The Labute approximate surface area is 103 Å². The molecule has 1 atom stereocenters. The van der Waals surface area contributed by atoms with Crippen LogP contribution in [0.3, 0.4) is 0 Å². The molecule has 0 radical (unpaired) electrons. The number of rotatable bonds is 7. The van der Waals surface area contributed by atoms with Gasteiger partial charge in [0, 0.05) is 18.7 Å². The fourth-order valence-corrected chi connectivity index (χ4v) is 1.74. The molecule has 96 valence electrons. The molecule has 0 heterocycles. The molecular formula is C14H22FNO. The smallest absolute Gasteiger partial charge is 0.129 e. The molecule has 2 N–H and O–H groups in total. The van der Waals surface area contributed by atoms with Crippen molar-refractivity contribution in [2.24, 2.45) is 11.7 Å². The standard InChI is InChI=1S/C14H22FNO/c1-11(2)6-5-9-17-14(10-16)12-7-3-4-8-13(12)15/h3-4,7-8,11,14H,5-6,9-10,16H2,1-2H3. The highest BCUT2D eigenvalue weighted by Gasteiger charge is 2.13. The number of ether oxygens (including phenoxy) is 1. The molecule has 0 aliphatic heterocycles. The molecule has 3 heteroatoms. The van der Waals surface area contributed by atoms with E-state index in [9.17, 15) is 4.39 Å². The van der Waals surface area contributed by atoms with Crippen LogP contribution in [0.5, 0.6) is 0 Å². The van der Waals surface area contributed by atoms with E-state index in [1.807, 2.05) is 0 Å². The highest BCUT2D eigenvalue weighted by atomic mass is 19.1. The normalized spacial score (nSPS) is 13.0. The Kier molecular flexibility index (Phi) is 6.16. The first-order valence-corrected chi connectivity index (χ1v) is 6.21. The van der Waals surface area contributed by atoms with Gasteiger partial charge < -0.3 is 10.5 Å². The third kappa shape index (κ3) is 4.84. The van der Waals surface area contributed by atoms with Crippen molar-refractivity contribution in [3.8, 4) is 0 Å². The van der Waals surface area contributed by atoms with E-state index in [1.54, 1.807) is 18.2 Å². The molecule has 0 amide bonds. The van der Waals surface area contributed by atoms with Gasteiger partial charge in [-0.05, 0) is 24.8 Å². The highest BCUT2D eigenvalue weighted by molar-refractivity contribution is 5.20. The van der Waals surface area contributed by atoms with Crippen molar-refractivity contribution in [1.29, 1.82) is 0 Å². The lowest BCUT2D eigenvalue weighted by atomic mass is 10.1. The number of benzene rings is 1. The van der Waals surface area contributed by atoms with E-state index < -0.39 is 0 Å². The maximum absolute atomic E-state index is 13.5. The van der Waals surface area contributed by atoms with Crippen LogP contribution in [0.25, 0.3) is 0 Å². The molecule has 0 saturated carbocycles. The molecule has 1 aromatic rings. The molecule has 1 unspecified atom stereocenters. The number of nitrogens with two attached hydrogens (primary N) is 1. The average Bonchev–Trinajstić information content (AvgIpc) is 2.30. The molecule has 0 aliphatic rings. The summed E-state index contributed by atoms with van der Waals surface area (Å²) in [5, 5.41) is 0. The molecule has 0 saturated heterocycles. The first-order chi connectivity index (χ1) is 8.15. The van der Waals surface area contributed by atoms with E-state index in [0.717, 1.165) is 12.8 Å². The van der Waals surface area contributed by atoms with Gasteiger partial charge in [0.2, 0.25) is 0 Å². The summed E-state index contributed by atoms with van der Waals surface area (Å²) in [7, 11) is 0. The molecule has 0 spiro atoms. The van der Waals surface area contributed by atoms with Crippen LogP contribution in [0.4, 0.5) is 4.39 Å². The first-order valence-electron chi connectivity index (χ1n) is 6.21. The van der Waals surface area contributed by atoms with Gasteiger partial charge in [-0.1, -0.05) is 32.0 Å². The Balaban J connectivity index is 2.46. The SMILES string of the molecule is CC(C)CCCOC(CN)c1ccccc1F. The van der Waals surface area contributed by atoms with Crippen molar-refractivity contribution in [2.45, 2.75) is 32.8 Å². The molecule has 1 rings (SSSR count). The quantitative estimate of drug-likeness (QED) is 0.741. The van der Waals surface area contributed by atoms with Gasteiger partial charge in [-0.15, -0.1) is 0 Å². The molecule has 17 heavy (non-hydrogen) atoms. The second-order valence-electron chi connectivity index (χ2n) is 4.65. The summed E-state index contributed by atoms with van der Waals surface area (Å²) in [6.45, 7) is 5.30. The van der Waals surface area contributed by atoms with Gasteiger partial charge >= 0.3 is 0 Å². The van der Waals surface area contributed by atoms with E-state index in [2.05, 4.69) is 13.8 Å². The molecule has 0 fully saturated rings. The monoisotopic (exact) mass is 239 g/mol. The molecule has 1 aromatic carbocycles. The largest absolute Gasteiger partial charge is 0.372 e. The zero-order chi connectivity index (χ0) is 12.7. The summed E-state index contributed by atoms with van der Waals surface area (Å²) in [5.41, 5.74) is 6.18. The minimum absolute atomic E-state index is 0.244. The van der Waals surface area contributed by atoms with Gasteiger partial charge in [-0.25, -0.2) is 4.39 Å². The maximum Gasteiger partial charge on any atom is 0.129 e. The Bertz CT molecular complexity index is 328.